The van der Waals surface area contributed by atoms with Gasteiger partial charge in [-0.1, -0.05) is 13.0 Å². The highest BCUT2D eigenvalue weighted by atomic mass is 35.5. The molecule has 0 saturated heterocycles. The van der Waals surface area contributed by atoms with Crippen molar-refractivity contribution >= 4 is 22.8 Å². The molecule has 1 amide bonds. The van der Waals surface area contributed by atoms with Gasteiger partial charge in [-0.2, -0.15) is 0 Å². The minimum atomic E-state index is -0.657. The zero-order valence-electron chi connectivity index (χ0n) is 9.70. The molecule has 0 aliphatic heterocycles. The first-order valence-electron chi connectivity index (χ1n) is 5.22. The van der Waals surface area contributed by atoms with Crippen molar-refractivity contribution in [2.75, 3.05) is 7.11 Å². The Balaban J connectivity index is 2.78. The fraction of sp³-hybridized carbons (Fsp3) is 0.333. The van der Waals surface area contributed by atoms with E-state index >= 15 is 0 Å². The Bertz CT molecular complexity index is 420. The summed E-state index contributed by atoms with van der Waals surface area (Å²) in [6, 6.07) is 6.03. The van der Waals surface area contributed by atoms with Crippen LogP contribution < -0.4 is 10.1 Å². The number of halogens is 1. The molecule has 0 heterocycles. The van der Waals surface area contributed by atoms with Gasteiger partial charge in [0.05, 0.1) is 7.11 Å². The van der Waals surface area contributed by atoms with Gasteiger partial charge in [-0.05, 0) is 36.2 Å². The monoisotopic (exact) mass is 255 g/mol. The molecule has 0 spiro atoms. The second-order valence-corrected chi connectivity index (χ2v) is 3.84. The van der Waals surface area contributed by atoms with Crippen molar-refractivity contribution in [3.63, 3.8) is 0 Å². The van der Waals surface area contributed by atoms with E-state index in [1.165, 1.54) is 7.11 Å². The second-order valence-electron chi connectivity index (χ2n) is 3.47. The van der Waals surface area contributed by atoms with E-state index in [-0.39, 0.29) is 5.91 Å². The predicted octanol–water partition coefficient (Wildman–Crippen LogP) is 1.97. The summed E-state index contributed by atoms with van der Waals surface area (Å²) in [6.45, 7) is 1.77. The summed E-state index contributed by atoms with van der Waals surface area (Å²) in [5, 5.41) is 1.99. The van der Waals surface area contributed by atoms with Gasteiger partial charge in [0.15, 0.2) is 0 Å². The van der Waals surface area contributed by atoms with Gasteiger partial charge in [0.2, 0.25) is 5.24 Å². The van der Waals surface area contributed by atoms with Crippen LogP contribution in [-0.4, -0.2) is 24.3 Å². The summed E-state index contributed by atoms with van der Waals surface area (Å²) in [7, 11) is 1.52. The van der Waals surface area contributed by atoms with Gasteiger partial charge in [0.1, 0.15) is 11.8 Å². The third kappa shape index (κ3) is 3.75. The summed E-state index contributed by atoms with van der Waals surface area (Å²) in [5.74, 6) is 0.243. The van der Waals surface area contributed by atoms with Crippen molar-refractivity contribution < 1.29 is 14.3 Å². The SMILES string of the molecule is CCC(NC(=O)c1cccc(OC)c1)C(=O)Cl. The van der Waals surface area contributed by atoms with Crippen molar-refractivity contribution in [3.05, 3.63) is 29.8 Å². The van der Waals surface area contributed by atoms with Gasteiger partial charge in [0.25, 0.3) is 5.91 Å². The summed E-state index contributed by atoms with van der Waals surface area (Å²) in [5.41, 5.74) is 0.431. The number of hydrogen-bond donors (Lipinski definition) is 1. The Labute approximate surface area is 105 Å². The van der Waals surface area contributed by atoms with E-state index in [9.17, 15) is 9.59 Å². The Kier molecular flexibility index (Phi) is 4.97. The number of amides is 1. The normalized spacial score (nSPS) is 11.7. The molecule has 0 radical (unpaired) electrons. The molecule has 1 rings (SSSR count). The first-order valence-corrected chi connectivity index (χ1v) is 5.60. The molecule has 92 valence electrons. The van der Waals surface area contributed by atoms with Crippen LogP contribution in [0.15, 0.2) is 24.3 Å². The molecule has 5 heteroatoms. The average molecular weight is 256 g/mol. The quantitative estimate of drug-likeness (QED) is 0.819. The highest BCUT2D eigenvalue weighted by Crippen LogP contribution is 2.12. The number of ether oxygens (including phenoxy) is 1. The first-order chi connectivity index (χ1) is 8.08. The van der Waals surface area contributed by atoms with E-state index in [1.54, 1.807) is 31.2 Å². The van der Waals surface area contributed by atoms with Crippen LogP contribution in [0.3, 0.4) is 0 Å². The van der Waals surface area contributed by atoms with E-state index in [0.717, 1.165) is 0 Å². The molecule has 17 heavy (non-hydrogen) atoms. The van der Waals surface area contributed by atoms with Crippen LogP contribution in [0, 0.1) is 0 Å². The Morgan fingerprint density at radius 3 is 2.71 bits per heavy atom. The Morgan fingerprint density at radius 1 is 1.47 bits per heavy atom. The standard InChI is InChI=1S/C12H14ClNO3/c1-3-10(11(13)15)14-12(16)8-5-4-6-9(7-8)17-2/h4-7,10H,3H2,1-2H3,(H,14,16). The highest BCUT2D eigenvalue weighted by Gasteiger charge is 2.17. The molecule has 1 unspecified atom stereocenters. The molecular formula is C12H14ClNO3. The molecule has 1 N–H and O–H groups in total. The second kappa shape index (κ2) is 6.25. The molecule has 0 saturated carbocycles. The van der Waals surface area contributed by atoms with E-state index < -0.39 is 11.3 Å². The van der Waals surface area contributed by atoms with Gasteiger partial charge < -0.3 is 10.1 Å². The first kappa shape index (κ1) is 13.5. The van der Waals surface area contributed by atoms with Crippen LogP contribution in [0.4, 0.5) is 0 Å². The number of rotatable bonds is 5. The van der Waals surface area contributed by atoms with Gasteiger partial charge in [-0.25, -0.2) is 0 Å². The van der Waals surface area contributed by atoms with E-state index in [0.29, 0.717) is 17.7 Å². The molecule has 1 aromatic carbocycles. The predicted molar refractivity (Wildman–Crippen MR) is 65.4 cm³/mol. The maximum absolute atomic E-state index is 11.8. The molecule has 0 aromatic heterocycles. The molecule has 1 atom stereocenters. The van der Waals surface area contributed by atoms with Crippen molar-refractivity contribution in [2.45, 2.75) is 19.4 Å². The molecule has 0 bridgehead atoms. The summed E-state index contributed by atoms with van der Waals surface area (Å²) in [4.78, 5) is 22.8. The van der Waals surface area contributed by atoms with Crippen LogP contribution >= 0.6 is 11.6 Å². The summed E-state index contributed by atoms with van der Waals surface area (Å²) >= 11 is 5.36. The molecule has 4 nitrogen and oxygen atoms in total. The largest absolute Gasteiger partial charge is 0.497 e. The van der Waals surface area contributed by atoms with Crippen LogP contribution in [-0.2, 0) is 4.79 Å². The van der Waals surface area contributed by atoms with E-state index in [4.69, 9.17) is 16.3 Å². The lowest BCUT2D eigenvalue weighted by Gasteiger charge is -2.12. The zero-order valence-corrected chi connectivity index (χ0v) is 10.5. The van der Waals surface area contributed by atoms with Gasteiger partial charge in [-0.3, -0.25) is 9.59 Å². The molecule has 1 aromatic rings. The van der Waals surface area contributed by atoms with Crippen molar-refractivity contribution in [2.24, 2.45) is 0 Å². The smallest absolute Gasteiger partial charge is 0.252 e. The topological polar surface area (TPSA) is 55.4 Å². The third-order valence-electron chi connectivity index (χ3n) is 2.32. The van der Waals surface area contributed by atoms with E-state index in [2.05, 4.69) is 5.32 Å². The van der Waals surface area contributed by atoms with Crippen LogP contribution in [0.25, 0.3) is 0 Å². The number of hydrogen-bond acceptors (Lipinski definition) is 3. The molecule has 0 aliphatic rings. The lowest BCUT2D eigenvalue weighted by molar-refractivity contribution is -0.113. The lowest BCUT2D eigenvalue weighted by Crippen LogP contribution is -2.38. The highest BCUT2D eigenvalue weighted by molar-refractivity contribution is 6.64. The van der Waals surface area contributed by atoms with Crippen LogP contribution in [0.5, 0.6) is 5.75 Å². The fourth-order valence-corrected chi connectivity index (χ4v) is 1.53. The number of nitrogens with one attached hydrogen (secondary N) is 1. The molecular weight excluding hydrogens is 242 g/mol. The average Bonchev–Trinajstić information content (AvgIpc) is 2.35. The maximum atomic E-state index is 11.8. The van der Waals surface area contributed by atoms with Gasteiger partial charge in [-0.15, -0.1) is 0 Å². The Hall–Kier alpha value is -1.55. The van der Waals surface area contributed by atoms with Crippen molar-refractivity contribution in [3.8, 4) is 5.75 Å². The lowest BCUT2D eigenvalue weighted by atomic mass is 10.1. The molecule has 0 aliphatic carbocycles. The van der Waals surface area contributed by atoms with Crippen molar-refractivity contribution in [1.29, 1.82) is 0 Å². The molecule has 0 fully saturated rings. The zero-order chi connectivity index (χ0) is 12.8. The number of carbonyl (C=O) groups excluding carboxylic acids is 2. The Morgan fingerprint density at radius 2 is 2.18 bits per heavy atom. The summed E-state index contributed by atoms with van der Waals surface area (Å²) in [6.07, 6.45) is 0.456. The van der Waals surface area contributed by atoms with Crippen LogP contribution in [0.2, 0.25) is 0 Å². The minimum Gasteiger partial charge on any atom is -0.497 e. The number of methoxy groups -OCH3 is 1. The number of carbonyl (C=O) groups is 2. The summed E-state index contributed by atoms with van der Waals surface area (Å²) < 4.78 is 5.01. The fourth-order valence-electron chi connectivity index (χ4n) is 1.33. The van der Waals surface area contributed by atoms with Crippen LogP contribution in [0.1, 0.15) is 23.7 Å². The van der Waals surface area contributed by atoms with Gasteiger partial charge in [0, 0.05) is 5.56 Å². The van der Waals surface area contributed by atoms with Gasteiger partial charge >= 0.3 is 0 Å². The minimum absolute atomic E-state index is 0.343. The van der Waals surface area contributed by atoms with E-state index in [1.807, 2.05) is 0 Å². The maximum Gasteiger partial charge on any atom is 0.252 e. The third-order valence-corrected chi connectivity index (χ3v) is 2.58. The van der Waals surface area contributed by atoms with Crippen molar-refractivity contribution in [1.82, 2.24) is 5.32 Å². The number of benzene rings is 1.